The van der Waals surface area contributed by atoms with Gasteiger partial charge in [0.05, 0.1) is 0 Å². The van der Waals surface area contributed by atoms with Gasteiger partial charge < -0.3 is 4.74 Å². The number of fused-ring (bicyclic) bond motifs is 1. The van der Waals surface area contributed by atoms with Crippen molar-refractivity contribution in [2.45, 2.75) is 19.4 Å². The molecule has 1 aromatic rings. The van der Waals surface area contributed by atoms with Gasteiger partial charge in [0.15, 0.2) is 12.4 Å². The zero-order chi connectivity index (χ0) is 8.55. The van der Waals surface area contributed by atoms with Crippen molar-refractivity contribution in [1.29, 1.82) is 0 Å². The molecule has 62 valence electrons. The fourth-order valence-corrected chi connectivity index (χ4v) is 1.48. The highest BCUT2D eigenvalue weighted by atomic mass is 16.5. The van der Waals surface area contributed by atoms with Gasteiger partial charge in [-0.2, -0.15) is 0 Å². The first-order valence-corrected chi connectivity index (χ1v) is 4.01. The van der Waals surface area contributed by atoms with Crippen LogP contribution in [0.2, 0.25) is 0 Å². The van der Waals surface area contributed by atoms with Crippen LogP contribution in [0.25, 0.3) is 0 Å². The van der Waals surface area contributed by atoms with Crippen molar-refractivity contribution in [2.24, 2.45) is 0 Å². The van der Waals surface area contributed by atoms with E-state index in [-0.39, 0.29) is 6.10 Å². The van der Waals surface area contributed by atoms with E-state index in [1.165, 1.54) is 5.56 Å². The van der Waals surface area contributed by atoms with Crippen LogP contribution in [0.5, 0.6) is 5.75 Å². The lowest BCUT2D eigenvalue weighted by Gasteiger charge is -2.00. The highest BCUT2D eigenvalue weighted by molar-refractivity contribution is 5.61. The third kappa shape index (κ3) is 1.09. The van der Waals surface area contributed by atoms with Crippen LogP contribution in [0.15, 0.2) is 18.2 Å². The van der Waals surface area contributed by atoms with Gasteiger partial charge in [-0.25, -0.2) is 0 Å². The summed E-state index contributed by atoms with van der Waals surface area (Å²) in [6.45, 7) is 2.04. The fourth-order valence-electron chi connectivity index (χ4n) is 1.48. The van der Waals surface area contributed by atoms with Gasteiger partial charge >= 0.3 is 0 Å². The molecule has 0 saturated carbocycles. The molecule has 1 atom stereocenters. The standard InChI is InChI=1S/C10H10O2/c1-7-2-3-10-8(4-7)5-9(6-11)12-10/h2-4,6,9H,5H2,1H3. The largest absolute Gasteiger partial charge is 0.482 e. The molecule has 0 radical (unpaired) electrons. The molecule has 1 heterocycles. The SMILES string of the molecule is Cc1ccc2c(c1)CC(C=O)O2. The lowest BCUT2D eigenvalue weighted by atomic mass is 10.1. The van der Waals surface area contributed by atoms with Crippen LogP contribution >= 0.6 is 0 Å². The summed E-state index contributed by atoms with van der Waals surface area (Å²) in [4.78, 5) is 10.4. The zero-order valence-corrected chi connectivity index (χ0v) is 6.91. The van der Waals surface area contributed by atoms with E-state index in [1.807, 2.05) is 19.1 Å². The summed E-state index contributed by atoms with van der Waals surface area (Å²) < 4.78 is 5.34. The number of ether oxygens (including phenoxy) is 1. The van der Waals surface area contributed by atoms with Crippen LogP contribution in [-0.2, 0) is 11.2 Å². The summed E-state index contributed by atoms with van der Waals surface area (Å²) in [5.41, 5.74) is 2.36. The smallest absolute Gasteiger partial charge is 0.160 e. The minimum atomic E-state index is -0.262. The molecular formula is C10H10O2. The Morgan fingerprint density at radius 3 is 3.17 bits per heavy atom. The van der Waals surface area contributed by atoms with Gasteiger partial charge in [0, 0.05) is 6.42 Å². The number of benzene rings is 1. The minimum Gasteiger partial charge on any atom is -0.482 e. The molecule has 0 spiro atoms. The normalized spacial score (nSPS) is 19.9. The van der Waals surface area contributed by atoms with Gasteiger partial charge in [-0.3, -0.25) is 4.79 Å². The predicted octanol–water partition coefficient (Wildman–Crippen LogP) is 1.50. The Morgan fingerprint density at radius 2 is 2.42 bits per heavy atom. The third-order valence-corrected chi connectivity index (χ3v) is 2.07. The van der Waals surface area contributed by atoms with E-state index in [0.29, 0.717) is 0 Å². The number of carbonyl (C=O) groups is 1. The Kier molecular flexibility index (Phi) is 1.61. The average molecular weight is 162 g/mol. The molecule has 2 heteroatoms. The second kappa shape index (κ2) is 2.63. The summed E-state index contributed by atoms with van der Waals surface area (Å²) in [6, 6.07) is 5.99. The first kappa shape index (κ1) is 7.35. The molecule has 0 aliphatic carbocycles. The van der Waals surface area contributed by atoms with E-state index in [1.54, 1.807) is 0 Å². The van der Waals surface area contributed by atoms with Crippen molar-refractivity contribution in [3.63, 3.8) is 0 Å². The molecule has 1 aliphatic rings. The highest BCUT2D eigenvalue weighted by Crippen LogP contribution is 2.28. The van der Waals surface area contributed by atoms with Crippen molar-refractivity contribution in [1.82, 2.24) is 0 Å². The van der Waals surface area contributed by atoms with Gasteiger partial charge in [0.2, 0.25) is 0 Å². The van der Waals surface area contributed by atoms with Crippen LogP contribution in [-0.4, -0.2) is 12.4 Å². The van der Waals surface area contributed by atoms with Crippen molar-refractivity contribution in [3.05, 3.63) is 29.3 Å². The van der Waals surface area contributed by atoms with Crippen molar-refractivity contribution < 1.29 is 9.53 Å². The number of hydrogen-bond acceptors (Lipinski definition) is 2. The summed E-state index contributed by atoms with van der Waals surface area (Å²) in [5.74, 6) is 0.859. The molecule has 1 unspecified atom stereocenters. The number of aryl methyl sites for hydroxylation is 1. The fraction of sp³-hybridized carbons (Fsp3) is 0.300. The second-order valence-corrected chi connectivity index (χ2v) is 3.11. The monoisotopic (exact) mass is 162 g/mol. The van der Waals surface area contributed by atoms with Gasteiger partial charge in [-0.1, -0.05) is 17.7 Å². The summed E-state index contributed by atoms with van der Waals surface area (Å²) >= 11 is 0. The molecule has 0 aromatic heterocycles. The maximum atomic E-state index is 10.4. The molecule has 2 rings (SSSR count). The molecule has 0 fully saturated rings. The van der Waals surface area contributed by atoms with Crippen LogP contribution in [0.1, 0.15) is 11.1 Å². The van der Waals surface area contributed by atoms with Crippen LogP contribution < -0.4 is 4.74 Å². The first-order valence-electron chi connectivity index (χ1n) is 4.01. The predicted molar refractivity (Wildman–Crippen MR) is 45.4 cm³/mol. The second-order valence-electron chi connectivity index (χ2n) is 3.11. The quantitative estimate of drug-likeness (QED) is 0.585. The van der Waals surface area contributed by atoms with E-state index in [4.69, 9.17) is 4.74 Å². The molecular weight excluding hydrogens is 152 g/mol. The molecule has 0 N–H and O–H groups in total. The Labute approximate surface area is 71.2 Å². The zero-order valence-electron chi connectivity index (χ0n) is 6.91. The van der Waals surface area contributed by atoms with Crippen molar-refractivity contribution >= 4 is 6.29 Å². The minimum absolute atomic E-state index is 0.262. The van der Waals surface area contributed by atoms with Gasteiger partial charge in [0.1, 0.15) is 5.75 Å². The Balaban J connectivity index is 2.35. The summed E-state index contributed by atoms with van der Waals surface area (Å²) in [7, 11) is 0. The average Bonchev–Trinajstić information content (AvgIpc) is 2.46. The number of aldehydes is 1. The lowest BCUT2D eigenvalue weighted by Crippen LogP contribution is -2.13. The summed E-state index contributed by atoms with van der Waals surface area (Å²) in [6.07, 6.45) is 1.32. The van der Waals surface area contributed by atoms with Crippen LogP contribution in [0.3, 0.4) is 0 Å². The molecule has 1 aromatic carbocycles. The molecule has 0 amide bonds. The van der Waals surface area contributed by atoms with E-state index in [0.717, 1.165) is 24.0 Å². The third-order valence-electron chi connectivity index (χ3n) is 2.07. The van der Waals surface area contributed by atoms with E-state index >= 15 is 0 Å². The Hall–Kier alpha value is -1.31. The number of hydrogen-bond donors (Lipinski definition) is 0. The maximum absolute atomic E-state index is 10.4. The van der Waals surface area contributed by atoms with Gasteiger partial charge in [-0.15, -0.1) is 0 Å². The molecule has 2 nitrogen and oxygen atoms in total. The molecule has 0 bridgehead atoms. The number of carbonyl (C=O) groups excluding carboxylic acids is 1. The van der Waals surface area contributed by atoms with Crippen molar-refractivity contribution in [2.75, 3.05) is 0 Å². The Morgan fingerprint density at radius 1 is 1.58 bits per heavy atom. The van der Waals surface area contributed by atoms with Crippen molar-refractivity contribution in [3.8, 4) is 5.75 Å². The highest BCUT2D eigenvalue weighted by Gasteiger charge is 2.21. The first-order chi connectivity index (χ1) is 5.79. The topological polar surface area (TPSA) is 26.3 Å². The summed E-state index contributed by atoms with van der Waals surface area (Å²) in [5, 5.41) is 0. The Bertz CT molecular complexity index is 318. The lowest BCUT2D eigenvalue weighted by molar-refractivity contribution is -0.113. The maximum Gasteiger partial charge on any atom is 0.160 e. The number of rotatable bonds is 1. The van der Waals surface area contributed by atoms with Crippen LogP contribution in [0, 0.1) is 6.92 Å². The molecule has 0 saturated heterocycles. The van der Waals surface area contributed by atoms with E-state index in [9.17, 15) is 4.79 Å². The molecule has 12 heavy (non-hydrogen) atoms. The van der Waals surface area contributed by atoms with E-state index < -0.39 is 0 Å². The van der Waals surface area contributed by atoms with Gasteiger partial charge in [-0.05, 0) is 18.6 Å². The van der Waals surface area contributed by atoms with E-state index in [2.05, 4.69) is 6.07 Å². The van der Waals surface area contributed by atoms with Crippen LogP contribution in [0.4, 0.5) is 0 Å². The van der Waals surface area contributed by atoms with Gasteiger partial charge in [0.25, 0.3) is 0 Å². The molecule has 1 aliphatic heterocycles.